The van der Waals surface area contributed by atoms with Crippen molar-refractivity contribution in [1.29, 1.82) is 0 Å². The minimum absolute atomic E-state index is 0.484. The van der Waals surface area contributed by atoms with Crippen molar-refractivity contribution in [1.82, 2.24) is 9.97 Å². The predicted octanol–water partition coefficient (Wildman–Crippen LogP) is -1.37. The van der Waals surface area contributed by atoms with Crippen LogP contribution in [-0.4, -0.2) is 17.8 Å². The molecular weight excluding hydrogens is 113 g/mol. The van der Waals surface area contributed by atoms with Crippen LogP contribution in [0.1, 0.15) is 5.69 Å². The van der Waals surface area contributed by atoms with Gasteiger partial charge in [0.2, 0.25) is 0 Å². The fourth-order valence-electron chi connectivity index (χ4n) is 0.560. The molecule has 0 unspecified atom stereocenters. The van der Waals surface area contributed by atoms with E-state index in [9.17, 15) is 0 Å². The first kappa shape index (κ1) is 6.07. The summed E-state index contributed by atoms with van der Waals surface area (Å²) < 4.78 is 0. The summed E-state index contributed by atoms with van der Waals surface area (Å²) >= 11 is 0. The van der Waals surface area contributed by atoms with Crippen LogP contribution < -0.4 is 11.3 Å². The van der Waals surface area contributed by atoms with Crippen LogP contribution in [0.5, 0.6) is 0 Å². The van der Waals surface area contributed by atoms with E-state index >= 15 is 0 Å². The SMILES string of the molecule is Bc1nc(N)cnc1C. The van der Waals surface area contributed by atoms with Crippen molar-refractivity contribution in [2.24, 2.45) is 0 Å². The largest absolute Gasteiger partial charge is 0.382 e. The number of aryl methyl sites for hydroxylation is 1. The van der Waals surface area contributed by atoms with Crippen LogP contribution in [0.3, 0.4) is 0 Å². The molecule has 1 heterocycles. The monoisotopic (exact) mass is 121 g/mol. The number of hydrogen-bond donors (Lipinski definition) is 1. The Morgan fingerprint density at radius 1 is 1.67 bits per heavy atom. The van der Waals surface area contributed by atoms with Crippen LogP contribution in [0.2, 0.25) is 0 Å². The molecule has 9 heavy (non-hydrogen) atoms. The normalized spacial score (nSPS) is 9.44. The van der Waals surface area contributed by atoms with E-state index in [0.717, 1.165) is 11.3 Å². The molecule has 0 aliphatic heterocycles. The molecule has 0 bridgehead atoms. The maximum atomic E-state index is 5.35. The summed E-state index contributed by atoms with van der Waals surface area (Å²) in [4.78, 5) is 7.98. The zero-order valence-corrected chi connectivity index (χ0v) is 5.55. The fraction of sp³-hybridized carbons (Fsp3) is 0.200. The molecule has 3 nitrogen and oxygen atoms in total. The van der Waals surface area contributed by atoms with Gasteiger partial charge in [-0.05, 0) is 6.92 Å². The second-order valence-corrected chi connectivity index (χ2v) is 1.97. The van der Waals surface area contributed by atoms with Gasteiger partial charge in [-0.25, -0.2) is 4.98 Å². The minimum atomic E-state index is 0.484. The van der Waals surface area contributed by atoms with Gasteiger partial charge in [-0.2, -0.15) is 0 Å². The van der Waals surface area contributed by atoms with Crippen LogP contribution in [0.25, 0.3) is 0 Å². The van der Waals surface area contributed by atoms with Gasteiger partial charge >= 0.3 is 0 Å². The van der Waals surface area contributed by atoms with Gasteiger partial charge < -0.3 is 5.73 Å². The Hall–Kier alpha value is -1.06. The molecule has 0 fully saturated rings. The van der Waals surface area contributed by atoms with E-state index < -0.39 is 0 Å². The molecule has 4 heteroatoms. The van der Waals surface area contributed by atoms with E-state index in [1.807, 2.05) is 14.8 Å². The molecule has 0 spiro atoms. The van der Waals surface area contributed by atoms with Gasteiger partial charge in [-0.1, -0.05) is 0 Å². The van der Waals surface area contributed by atoms with Crippen LogP contribution >= 0.6 is 0 Å². The third kappa shape index (κ3) is 1.19. The summed E-state index contributed by atoms with van der Waals surface area (Å²) in [6.07, 6.45) is 1.56. The molecule has 0 saturated carbocycles. The summed E-state index contributed by atoms with van der Waals surface area (Å²) in [7, 11) is 1.89. The van der Waals surface area contributed by atoms with Gasteiger partial charge in [-0.15, -0.1) is 0 Å². The summed E-state index contributed by atoms with van der Waals surface area (Å²) in [5, 5.41) is 0. The maximum Gasteiger partial charge on any atom is 0.166 e. The van der Waals surface area contributed by atoms with Crippen molar-refractivity contribution in [3.63, 3.8) is 0 Å². The molecular formula is C5H8BN3. The van der Waals surface area contributed by atoms with Crippen LogP contribution in [0.15, 0.2) is 6.20 Å². The molecule has 0 atom stereocenters. The van der Waals surface area contributed by atoms with E-state index in [0.29, 0.717) is 5.82 Å². The first-order chi connectivity index (χ1) is 4.20. The van der Waals surface area contributed by atoms with Crippen molar-refractivity contribution < 1.29 is 0 Å². The molecule has 0 radical (unpaired) electrons. The molecule has 46 valence electrons. The second kappa shape index (κ2) is 2.05. The smallest absolute Gasteiger partial charge is 0.166 e. The van der Waals surface area contributed by atoms with Crippen molar-refractivity contribution in [3.8, 4) is 0 Å². The molecule has 1 aromatic rings. The van der Waals surface area contributed by atoms with E-state index in [1.165, 1.54) is 0 Å². The van der Waals surface area contributed by atoms with Crippen LogP contribution in [0.4, 0.5) is 5.82 Å². The van der Waals surface area contributed by atoms with Crippen LogP contribution in [-0.2, 0) is 0 Å². The standard InChI is InChI=1S/C5H8BN3/c1-3-5(6)9-4(7)2-8-3/h2H,6H2,1H3,(H2,7,9). The van der Waals surface area contributed by atoms with Gasteiger partial charge in [0.15, 0.2) is 7.85 Å². The topological polar surface area (TPSA) is 51.8 Å². The minimum Gasteiger partial charge on any atom is -0.382 e. The lowest BCUT2D eigenvalue weighted by Crippen LogP contribution is -2.15. The van der Waals surface area contributed by atoms with Crippen molar-refractivity contribution in [2.75, 3.05) is 5.73 Å². The third-order valence-electron chi connectivity index (χ3n) is 1.21. The number of nitrogens with zero attached hydrogens (tertiary/aromatic N) is 2. The Labute approximate surface area is 54.7 Å². The van der Waals surface area contributed by atoms with E-state index in [2.05, 4.69) is 9.97 Å². The highest BCUT2D eigenvalue weighted by Gasteiger charge is 1.92. The Kier molecular flexibility index (Phi) is 1.38. The highest BCUT2D eigenvalue weighted by atomic mass is 14.9. The second-order valence-electron chi connectivity index (χ2n) is 1.97. The van der Waals surface area contributed by atoms with E-state index in [4.69, 9.17) is 5.73 Å². The van der Waals surface area contributed by atoms with E-state index in [1.54, 1.807) is 6.20 Å². The highest BCUT2D eigenvalue weighted by molar-refractivity contribution is 6.31. The molecule has 0 saturated heterocycles. The van der Waals surface area contributed by atoms with E-state index in [-0.39, 0.29) is 0 Å². The molecule has 1 aromatic heterocycles. The lowest BCUT2D eigenvalue weighted by molar-refractivity contribution is 1.16. The van der Waals surface area contributed by atoms with Crippen molar-refractivity contribution >= 4 is 19.3 Å². The zero-order chi connectivity index (χ0) is 6.85. The summed E-state index contributed by atoms with van der Waals surface area (Å²) in [5.41, 5.74) is 7.19. The molecule has 0 aliphatic carbocycles. The molecule has 0 aliphatic rings. The maximum absolute atomic E-state index is 5.35. The average Bonchev–Trinajstić information content (AvgIpc) is 1.80. The molecule has 0 amide bonds. The lowest BCUT2D eigenvalue weighted by atomic mass is 10.0. The molecule has 1 rings (SSSR count). The van der Waals surface area contributed by atoms with Crippen molar-refractivity contribution in [2.45, 2.75) is 6.92 Å². The number of nitrogen functional groups attached to an aromatic ring is 1. The Morgan fingerprint density at radius 2 is 2.33 bits per heavy atom. The first-order valence-corrected chi connectivity index (χ1v) is 2.76. The summed E-state index contributed by atoms with van der Waals surface area (Å²) in [6, 6.07) is 0. The zero-order valence-electron chi connectivity index (χ0n) is 5.55. The summed E-state index contributed by atoms with van der Waals surface area (Å²) in [5.74, 6) is 0.484. The molecule has 2 N–H and O–H groups in total. The Morgan fingerprint density at radius 3 is 2.78 bits per heavy atom. The average molecular weight is 121 g/mol. The number of aromatic nitrogens is 2. The fourth-order valence-corrected chi connectivity index (χ4v) is 0.560. The Balaban J connectivity index is 3.17. The van der Waals surface area contributed by atoms with Gasteiger partial charge in [0.25, 0.3) is 0 Å². The first-order valence-electron chi connectivity index (χ1n) is 2.76. The Bertz CT molecular complexity index is 223. The van der Waals surface area contributed by atoms with Gasteiger partial charge in [-0.3, -0.25) is 4.98 Å². The quantitative estimate of drug-likeness (QED) is 0.430. The lowest BCUT2D eigenvalue weighted by Gasteiger charge is -1.96. The number of rotatable bonds is 0. The number of hydrogen-bond acceptors (Lipinski definition) is 3. The number of anilines is 1. The van der Waals surface area contributed by atoms with Gasteiger partial charge in [0.1, 0.15) is 5.82 Å². The van der Waals surface area contributed by atoms with Gasteiger partial charge in [0, 0.05) is 11.3 Å². The van der Waals surface area contributed by atoms with Crippen molar-refractivity contribution in [3.05, 3.63) is 11.9 Å². The predicted molar refractivity (Wildman–Crippen MR) is 39.4 cm³/mol. The number of nitrogens with two attached hydrogens (primary N) is 1. The third-order valence-corrected chi connectivity index (χ3v) is 1.21. The molecule has 0 aromatic carbocycles. The van der Waals surface area contributed by atoms with Gasteiger partial charge in [0.05, 0.1) is 6.20 Å². The highest BCUT2D eigenvalue weighted by Crippen LogP contribution is 1.88. The van der Waals surface area contributed by atoms with Crippen LogP contribution in [0, 0.1) is 6.92 Å². The summed E-state index contributed by atoms with van der Waals surface area (Å²) in [6.45, 7) is 1.90.